The summed E-state index contributed by atoms with van der Waals surface area (Å²) in [6.07, 6.45) is 2.60. The van der Waals surface area contributed by atoms with Crippen LogP contribution < -0.4 is 0 Å². The molecule has 22 heavy (non-hydrogen) atoms. The van der Waals surface area contributed by atoms with Crippen molar-refractivity contribution in [3.63, 3.8) is 0 Å². The minimum absolute atomic E-state index is 0.0330. The number of ether oxygens (including phenoxy) is 2. The van der Waals surface area contributed by atoms with Crippen molar-refractivity contribution in [2.45, 2.75) is 51.7 Å². The smallest absolute Gasteiger partial charge is 0.410 e. The molecule has 0 aromatic carbocycles. The van der Waals surface area contributed by atoms with Crippen LogP contribution in [0.1, 0.15) is 40.0 Å². The van der Waals surface area contributed by atoms with Crippen LogP contribution in [-0.4, -0.2) is 66.8 Å². The van der Waals surface area contributed by atoms with Gasteiger partial charge in [-0.3, -0.25) is 9.69 Å². The molecule has 2 unspecified atom stereocenters. The second-order valence-corrected chi connectivity index (χ2v) is 7.23. The van der Waals surface area contributed by atoms with E-state index in [1.54, 1.807) is 4.90 Å². The van der Waals surface area contributed by atoms with E-state index >= 15 is 0 Å². The quantitative estimate of drug-likeness (QED) is 0.729. The van der Waals surface area contributed by atoms with Gasteiger partial charge in [0.25, 0.3) is 0 Å². The number of likely N-dealkylation sites (tertiary alicyclic amines) is 2. The molecule has 2 aliphatic rings. The van der Waals surface area contributed by atoms with Gasteiger partial charge in [-0.1, -0.05) is 0 Å². The van der Waals surface area contributed by atoms with E-state index in [-0.39, 0.29) is 18.0 Å². The Morgan fingerprint density at radius 1 is 1.09 bits per heavy atom. The summed E-state index contributed by atoms with van der Waals surface area (Å²) < 4.78 is 10.3. The molecule has 2 rings (SSSR count). The molecule has 2 heterocycles. The van der Waals surface area contributed by atoms with Gasteiger partial charge in [-0.05, 0) is 46.6 Å². The Morgan fingerprint density at radius 3 is 2.45 bits per heavy atom. The van der Waals surface area contributed by atoms with E-state index < -0.39 is 5.60 Å². The number of carbonyl (C=O) groups excluding carboxylic acids is 2. The van der Waals surface area contributed by atoms with E-state index in [0.717, 1.165) is 38.9 Å². The third-order valence-electron chi connectivity index (χ3n) is 4.32. The number of carbonyl (C=O) groups is 2. The van der Waals surface area contributed by atoms with E-state index in [1.807, 2.05) is 20.8 Å². The average molecular weight is 312 g/mol. The van der Waals surface area contributed by atoms with E-state index in [4.69, 9.17) is 9.47 Å². The van der Waals surface area contributed by atoms with Gasteiger partial charge in [0, 0.05) is 25.7 Å². The molecular weight excluding hydrogens is 284 g/mol. The van der Waals surface area contributed by atoms with Crippen LogP contribution in [0.25, 0.3) is 0 Å². The highest BCUT2D eigenvalue weighted by atomic mass is 16.6. The highest BCUT2D eigenvalue weighted by molar-refractivity contribution is 5.72. The Hall–Kier alpha value is -1.30. The number of methoxy groups -OCH3 is 1. The summed E-state index contributed by atoms with van der Waals surface area (Å²) in [6, 6.07) is 0.319. The molecule has 0 bridgehead atoms. The monoisotopic (exact) mass is 312 g/mol. The summed E-state index contributed by atoms with van der Waals surface area (Å²) in [4.78, 5) is 27.9. The molecule has 0 spiro atoms. The third kappa shape index (κ3) is 4.35. The van der Waals surface area contributed by atoms with Crippen LogP contribution in [0.3, 0.4) is 0 Å². The van der Waals surface area contributed by atoms with Crippen LogP contribution in [-0.2, 0) is 14.3 Å². The molecule has 0 aliphatic carbocycles. The van der Waals surface area contributed by atoms with Crippen molar-refractivity contribution in [3.05, 3.63) is 0 Å². The Bertz CT molecular complexity index is 419. The lowest BCUT2D eigenvalue weighted by molar-refractivity contribution is -0.147. The lowest BCUT2D eigenvalue weighted by atomic mass is 9.96. The first-order valence-corrected chi connectivity index (χ1v) is 8.10. The average Bonchev–Trinajstić information content (AvgIpc) is 2.95. The molecule has 2 aliphatic heterocycles. The van der Waals surface area contributed by atoms with E-state index in [2.05, 4.69) is 4.90 Å². The highest BCUT2D eigenvalue weighted by Gasteiger charge is 2.36. The van der Waals surface area contributed by atoms with Gasteiger partial charge in [0.05, 0.1) is 13.0 Å². The molecule has 126 valence electrons. The first-order valence-electron chi connectivity index (χ1n) is 8.10. The van der Waals surface area contributed by atoms with Gasteiger partial charge >= 0.3 is 12.1 Å². The van der Waals surface area contributed by atoms with Crippen molar-refractivity contribution in [2.75, 3.05) is 33.3 Å². The van der Waals surface area contributed by atoms with Gasteiger partial charge in [0.2, 0.25) is 0 Å². The number of amides is 1. The van der Waals surface area contributed by atoms with Crippen molar-refractivity contribution >= 4 is 12.1 Å². The van der Waals surface area contributed by atoms with Crippen LogP contribution in [0.2, 0.25) is 0 Å². The van der Waals surface area contributed by atoms with Gasteiger partial charge in [-0.25, -0.2) is 4.79 Å². The molecule has 0 N–H and O–H groups in total. The molecule has 0 aromatic heterocycles. The first-order chi connectivity index (χ1) is 10.3. The molecule has 2 fully saturated rings. The van der Waals surface area contributed by atoms with Crippen molar-refractivity contribution < 1.29 is 19.1 Å². The normalized spacial score (nSPS) is 26.8. The largest absolute Gasteiger partial charge is 0.469 e. The van der Waals surface area contributed by atoms with E-state index in [1.165, 1.54) is 7.11 Å². The van der Waals surface area contributed by atoms with Gasteiger partial charge < -0.3 is 14.4 Å². The predicted octanol–water partition coefficient (Wildman–Crippen LogP) is 1.88. The van der Waals surface area contributed by atoms with E-state index in [9.17, 15) is 9.59 Å². The zero-order chi connectivity index (χ0) is 16.3. The predicted molar refractivity (Wildman–Crippen MR) is 82.5 cm³/mol. The first kappa shape index (κ1) is 17.1. The summed E-state index contributed by atoms with van der Waals surface area (Å²) >= 11 is 0. The summed E-state index contributed by atoms with van der Waals surface area (Å²) in [5, 5.41) is 0. The Morgan fingerprint density at radius 2 is 1.82 bits per heavy atom. The SMILES string of the molecule is COC(=O)C1CCCN(C2CCN(C(=O)OC(C)(C)C)C2)C1. The molecule has 1 amide bonds. The Labute approximate surface area is 132 Å². The van der Waals surface area contributed by atoms with Crippen LogP contribution in [0.5, 0.6) is 0 Å². The zero-order valence-electron chi connectivity index (χ0n) is 14.1. The summed E-state index contributed by atoms with van der Waals surface area (Å²) in [6.45, 7) is 8.76. The molecule has 0 saturated carbocycles. The van der Waals surface area contributed by atoms with E-state index in [0.29, 0.717) is 12.6 Å². The van der Waals surface area contributed by atoms with Crippen molar-refractivity contribution in [1.82, 2.24) is 9.80 Å². The maximum absolute atomic E-state index is 12.1. The minimum Gasteiger partial charge on any atom is -0.469 e. The number of rotatable bonds is 2. The summed E-state index contributed by atoms with van der Waals surface area (Å²) in [5.74, 6) is -0.152. The molecule has 2 saturated heterocycles. The zero-order valence-corrected chi connectivity index (χ0v) is 14.1. The number of hydrogen-bond acceptors (Lipinski definition) is 5. The van der Waals surface area contributed by atoms with Crippen molar-refractivity contribution in [3.8, 4) is 0 Å². The fraction of sp³-hybridized carbons (Fsp3) is 0.875. The number of nitrogens with zero attached hydrogens (tertiary/aromatic N) is 2. The van der Waals surface area contributed by atoms with Crippen molar-refractivity contribution in [2.24, 2.45) is 5.92 Å². The lowest BCUT2D eigenvalue weighted by Gasteiger charge is -2.35. The van der Waals surface area contributed by atoms with Crippen molar-refractivity contribution in [1.29, 1.82) is 0 Å². The van der Waals surface area contributed by atoms with Crippen LogP contribution >= 0.6 is 0 Å². The molecular formula is C16H28N2O4. The fourth-order valence-electron chi connectivity index (χ4n) is 3.23. The number of piperidine rings is 1. The maximum Gasteiger partial charge on any atom is 0.410 e. The van der Waals surface area contributed by atoms with Crippen LogP contribution in [0.4, 0.5) is 4.79 Å². The fourth-order valence-corrected chi connectivity index (χ4v) is 3.23. The van der Waals surface area contributed by atoms with Gasteiger partial charge in [0.15, 0.2) is 0 Å². The summed E-state index contributed by atoms with van der Waals surface area (Å²) in [5.41, 5.74) is -0.462. The second kappa shape index (κ2) is 6.86. The maximum atomic E-state index is 12.1. The highest BCUT2D eigenvalue weighted by Crippen LogP contribution is 2.25. The minimum atomic E-state index is -0.462. The molecule has 0 aromatic rings. The Balaban J connectivity index is 1.87. The van der Waals surface area contributed by atoms with Gasteiger partial charge in [-0.2, -0.15) is 0 Å². The van der Waals surface area contributed by atoms with Crippen LogP contribution in [0, 0.1) is 5.92 Å². The third-order valence-corrected chi connectivity index (χ3v) is 4.32. The van der Waals surface area contributed by atoms with Gasteiger partial charge in [0.1, 0.15) is 5.60 Å². The van der Waals surface area contributed by atoms with Gasteiger partial charge in [-0.15, -0.1) is 0 Å². The molecule has 6 nitrogen and oxygen atoms in total. The molecule has 0 radical (unpaired) electrons. The second-order valence-electron chi connectivity index (χ2n) is 7.23. The molecule has 6 heteroatoms. The summed E-state index contributed by atoms with van der Waals surface area (Å²) in [7, 11) is 1.45. The van der Waals surface area contributed by atoms with Crippen LogP contribution in [0.15, 0.2) is 0 Å². The number of esters is 1. The molecule has 2 atom stereocenters. The standard InChI is InChI=1S/C16H28N2O4/c1-16(2,3)22-15(20)18-9-7-13(11-18)17-8-5-6-12(10-17)14(19)21-4/h12-13H,5-11H2,1-4H3. The Kier molecular flexibility index (Phi) is 5.32. The number of hydrogen-bond donors (Lipinski definition) is 0. The lowest BCUT2D eigenvalue weighted by Crippen LogP contribution is -2.46. The topological polar surface area (TPSA) is 59.1 Å².